The lowest BCUT2D eigenvalue weighted by Gasteiger charge is -2.25. The quantitative estimate of drug-likeness (QED) is 0.724. The fourth-order valence-corrected chi connectivity index (χ4v) is 3.00. The van der Waals surface area contributed by atoms with Crippen molar-refractivity contribution in [1.29, 1.82) is 0 Å². The molecule has 7 nitrogen and oxygen atoms in total. The second-order valence-electron chi connectivity index (χ2n) is 6.04. The van der Waals surface area contributed by atoms with Crippen LogP contribution in [0.3, 0.4) is 0 Å². The Bertz CT molecular complexity index is 920. The molecule has 0 bridgehead atoms. The minimum atomic E-state index is -0.311. The molecule has 2 aromatic heterocycles. The van der Waals surface area contributed by atoms with Crippen molar-refractivity contribution in [2.24, 2.45) is 0 Å². The van der Waals surface area contributed by atoms with Gasteiger partial charge in [0.1, 0.15) is 17.5 Å². The number of nitrogens with zero attached hydrogens (tertiary/aromatic N) is 5. The van der Waals surface area contributed by atoms with Crippen LogP contribution in [0.2, 0.25) is 0 Å². The van der Waals surface area contributed by atoms with Crippen molar-refractivity contribution >= 4 is 28.6 Å². The van der Waals surface area contributed by atoms with Gasteiger partial charge < -0.3 is 16.4 Å². The maximum Gasteiger partial charge on any atom is 0.225 e. The first kappa shape index (κ1) is 17.8. The Morgan fingerprint density at radius 1 is 1.00 bits per heavy atom. The number of halogens is 1. The van der Waals surface area contributed by atoms with Gasteiger partial charge in [0.05, 0.1) is 5.52 Å². The van der Waals surface area contributed by atoms with Crippen LogP contribution in [-0.2, 0) is 0 Å². The number of aromatic nitrogens is 4. The van der Waals surface area contributed by atoms with Crippen LogP contribution < -0.4 is 16.4 Å². The molecule has 3 aromatic rings. The molecule has 8 heteroatoms. The SMILES string of the molecule is CCN(CC)c1nc2cc(F)ccc2cc1C(C)c1nc(N)nc(N)n1. The van der Waals surface area contributed by atoms with Crippen molar-refractivity contribution in [3.63, 3.8) is 0 Å². The number of pyridine rings is 1. The van der Waals surface area contributed by atoms with E-state index < -0.39 is 0 Å². The van der Waals surface area contributed by atoms with Crippen LogP contribution in [0.15, 0.2) is 24.3 Å². The van der Waals surface area contributed by atoms with E-state index in [-0.39, 0.29) is 23.6 Å². The Balaban J connectivity index is 2.21. The molecule has 1 atom stereocenters. The second kappa shape index (κ2) is 7.07. The van der Waals surface area contributed by atoms with Crippen LogP contribution in [0.4, 0.5) is 22.1 Å². The molecule has 1 unspecified atom stereocenters. The van der Waals surface area contributed by atoms with Crippen LogP contribution in [0.5, 0.6) is 0 Å². The summed E-state index contributed by atoms with van der Waals surface area (Å²) < 4.78 is 13.6. The van der Waals surface area contributed by atoms with Gasteiger partial charge in [-0.15, -0.1) is 0 Å². The molecule has 0 radical (unpaired) electrons. The molecule has 0 saturated carbocycles. The van der Waals surface area contributed by atoms with E-state index >= 15 is 0 Å². The number of nitrogen functional groups attached to an aromatic ring is 2. The van der Waals surface area contributed by atoms with Gasteiger partial charge >= 0.3 is 0 Å². The molecule has 2 heterocycles. The summed E-state index contributed by atoms with van der Waals surface area (Å²) in [5.41, 5.74) is 13.0. The Morgan fingerprint density at radius 2 is 1.65 bits per heavy atom. The van der Waals surface area contributed by atoms with Gasteiger partial charge in [-0.1, -0.05) is 6.92 Å². The van der Waals surface area contributed by atoms with Crippen molar-refractivity contribution in [3.05, 3.63) is 41.5 Å². The number of fused-ring (bicyclic) bond motifs is 1. The van der Waals surface area contributed by atoms with Gasteiger partial charge in [-0.2, -0.15) is 15.0 Å². The van der Waals surface area contributed by atoms with Crippen molar-refractivity contribution in [2.45, 2.75) is 26.7 Å². The highest BCUT2D eigenvalue weighted by molar-refractivity contribution is 5.82. The summed E-state index contributed by atoms with van der Waals surface area (Å²) in [5.74, 6) is 0.901. The third-order valence-electron chi connectivity index (χ3n) is 4.39. The van der Waals surface area contributed by atoms with Crippen molar-refractivity contribution in [3.8, 4) is 0 Å². The van der Waals surface area contributed by atoms with E-state index in [1.54, 1.807) is 6.07 Å². The van der Waals surface area contributed by atoms with Crippen LogP contribution in [0, 0.1) is 5.82 Å². The molecule has 0 aliphatic carbocycles. The lowest BCUT2D eigenvalue weighted by molar-refractivity contribution is 0.629. The van der Waals surface area contributed by atoms with Gasteiger partial charge in [-0.3, -0.25) is 0 Å². The molecule has 0 saturated heterocycles. The van der Waals surface area contributed by atoms with Crippen molar-refractivity contribution in [1.82, 2.24) is 19.9 Å². The fourth-order valence-electron chi connectivity index (χ4n) is 3.00. The molecular weight excluding hydrogens is 333 g/mol. The zero-order chi connectivity index (χ0) is 18.8. The van der Waals surface area contributed by atoms with Crippen LogP contribution in [0.1, 0.15) is 38.1 Å². The maximum absolute atomic E-state index is 13.6. The lowest BCUT2D eigenvalue weighted by atomic mass is 9.98. The summed E-state index contributed by atoms with van der Waals surface area (Å²) in [6.45, 7) is 7.60. The molecule has 0 amide bonds. The minimum Gasteiger partial charge on any atom is -0.368 e. The highest BCUT2D eigenvalue weighted by Gasteiger charge is 2.21. The number of hydrogen-bond acceptors (Lipinski definition) is 7. The molecule has 0 aliphatic heterocycles. The van der Waals surface area contributed by atoms with E-state index in [1.165, 1.54) is 12.1 Å². The maximum atomic E-state index is 13.6. The number of anilines is 3. The van der Waals surface area contributed by atoms with Crippen molar-refractivity contribution in [2.75, 3.05) is 29.5 Å². The number of nitrogens with two attached hydrogens (primary N) is 2. The average Bonchev–Trinajstić information content (AvgIpc) is 2.60. The molecule has 26 heavy (non-hydrogen) atoms. The third kappa shape index (κ3) is 3.35. The number of benzene rings is 1. The van der Waals surface area contributed by atoms with Crippen molar-refractivity contribution < 1.29 is 4.39 Å². The molecule has 0 aliphatic rings. The first-order valence-corrected chi connectivity index (χ1v) is 8.55. The molecule has 0 fully saturated rings. The molecular formula is C18H22FN7. The van der Waals surface area contributed by atoms with E-state index in [0.29, 0.717) is 11.3 Å². The zero-order valence-corrected chi connectivity index (χ0v) is 15.1. The standard InChI is InChI=1S/C18H22FN7/c1-4-26(5-2)16-13(8-11-6-7-12(19)9-14(11)22-16)10(3)15-23-17(20)25-18(21)24-15/h6-10H,4-5H2,1-3H3,(H4,20,21,23,24,25). The summed E-state index contributed by atoms with van der Waals surface area (Å²) in [4.78, 5) is 19.1. The number of rotatable bonds is 5. The van der Waals surface area contributed by atoms with E-state index in [0.717, 1.165) is 29.9 Å². The number of hydrogen-bond donors (Lipinski definition) is 2. The zero-order valence-electron chi connectivity index (χ0n) is 15.1. The topological polar surface area (TPSA) is 107 Å². The second-order valence-corrected chi connectivity index (χ2v) is 6.04. The summed E-state index contributed by atoms with van der Waals surface area (Å²) in [6, 6.07) is 6.58. The van der Waals surface area contributed by atoms with E-state index in [9.17, 15) is 4.39 Å². The van der Waals surface area contributed by atoms with E-state index in [1.807, 2.05) is 26.8 Å². The van der Waals surface area contributed by atoms with Crippen LogP contribution in [-0.4, -0.2) is 33.0 Å². The Labute approximate surface area is 151 Å². The Morgan fingerprint density at radius 3 is 2.27 bits per heavy atom. The predicted octanol–water partition coefficient (Wildman–Crippen LogP) is 2.72. The van der Waals surface area contributed by atoms with Gasteiger partial charge in [0, 0.05) is 36.0 Å². The highest BCUT2D eigenvalue weighted by Crippen LogP contribution is 2.32. The Kier molecular flexibility index (Phi) is 4.83. The van der Waals surface area contributed by atoms with Gasteiger partial charge in [0.25, 0.3) is 0 Å². The summed E-state index contributed by atoms with van der Waals surface area (Å²) in [5, 5.41) is 0.846. The largest absolute Gasteiger partial charge is 0.368 e. The lowest BCUT2D eigenvalue weighted by Crippen LogP contribution is -2.25. The molecule has 0 spiro atoms. The summed E-state index contributed by atoms with van der Waals surface area (Å²) in [7, 11) is 0. The summed E-state index contributed by atoms with van der Waals surface area (Å²) >= 11 is 0. The van der Waals surface area contributed by atoms with E-state index in [2.05, 4.69) is 19.9 Å². The molecule has 1 aromatic carbocycles. The normalized spacial score (nSPS) is 12.3. The fraction of sp³-hybridized carbons (Fsp3) is 0.333. The van der Waals surface area contributed by atoms with Crippen LogP contribution in [0.25, 0.3) is 10.9 Å². The van der Waals surface area contributed by atoms with Gasteiger partial charge in [0.15, 0.2) is 0 Å². The third-order valence-corrected chi connectivity index (χ3v) is 4.39. The molecule has 4 N–H and O–H groups in total. The predicted molar refractivity (Wildman–Crippen MR) is 101 cm³/mol. The average molecular weight is 355 g/mol. The first-order chi connectivity index (χ1) is 12.4. The summed E-state index contributed by atoms with van der Waals surface area (Å²) in [6.07, 6.45) is 0. The van der Waals surface area contributed by atoms with E-state index in [4.69, 9.17) is 16.5 Å². The van der Waals surface area contributed by atoms with Crippen LogP contribution >= 0.6 is 0 Å². The highest BCUT2D eigenvalue weighted by atomic mass is 19.1. The Hall–Kier alpha value is -3.03. The molecule has 136 valence electrons. The van der Waals surface area contributed by atoms with Gasteiger partial charge in [-0.05, 0) is 32.0 Å². The van der Waals surface area contributed by atoms with Gasteiger partial charge in [0.2, 0.25) is 11.9 Å². The monoisotopic (exact) mass is 355 g/mol. The smallest absolute Gasteiger partial charge is 0.225 e. The van der Waals surface area contributed by atoms with Gasteiger partial charge in [-0.25, -0.2) is 9.37 Å². The minimum absolute atomic E-state index is 0.0829. The molecule has 3 rings (SSSR count). The first-order valence-electron chi connectivity index (χ1n) is 8.55.